The van der Waals surface area contributed by atoms with Gasteiger partial charge in [0.25, 0.3) is 0 Å². The summed E-state index contributed by atoms with van der Waals surface area (Å²) in [5.41, 5.74) is 4.80. The first-order valence-corrected chi connectivity index (χ1v) is 17.2. The van der Waals surface area contributed by atoms with Gasteiger partial charge in [0.15, 0.2) is 0 Å². The maximum Gasteiger partial charge on any atom is 0.227 e. The van der Waals surface area contributed by atoms with Crippen LogP contribution < -0.4 is 10.1 Å². The molecule has 3 aromatic rings. The molecule has 1 fully saturated rings. The zero-order chi connectivity index (χ0) is 27.1. The summed E-state index contributed by atoms with van der Waals surface area (Å²) >= 11 is 0. The lowest BCUT2D eigenvalue weighted by molar-refractivity contribution is -0.121. The number of nitrogens with one attached hydrogen (secondary N) is 1. The van der Waals surface area contributed by atoms with Gasteiger partial charge in [0.05, 0.1) is 12.8 Å². The molecule has 2 atom stereocenters. The van der Waals surface area contributed by atoms with Crippen molar-refractivity contribution >= 4 is 19.7 Å². The Morgan fingerprint density at radius 1 is 1.24 bits per heavy atom. The second-order valence-electron chi connectivity index (χ2n) is 12.2. The number of carbonyl (C=O) groups is 1. The van der Waals surface area contributed by atoms with Crippen molar-refractivity contribution in [3.05, 3.63) is 65.7 Å². The predicted octanol–water partition coefficient (Wildman–Crippen LogP) is 6.84. The minimum absolute atomic E-state index is 0.00701. The van der Waals surface area contributed by atoms with E-state index in [4.69, 9.17) is 9.47 Å². The fraction of sp³-hybridized carbons (Fsp3) is 0.467. The van der Waals surface area contributed by atoms with E-state index in [1.807, 2.05) is 49.0 Å². The molecule has 1 aromatic heterocycles. The lowest BCUT2D eigenvalue weighted by Crippen LogP contribution is -2.36. The monoisotopic (exact) mass is 535 g/mol. The number of hydrogen-bond acceptors (Lipinski definition) is 4. The van der Waals surface area contributed by atoms with Crippen LogP contribution in [0.25, 0.3) is 11.1 Å². The molecule has 38 heavy (non-hydrogen) atoms. The number of nitrogens with zero attached hydrogens (tertiary/aromatic N) is 2. The molecule has 1 aliphatic heterocycles. The second kappa shape index (κ2) is 10.3. The fourth-order valence-electron chi connectivity index (χ4n) is 5.48. The third kappa shape index (κ3) is 5.56. The molecule has 0 bridgehead atoms. The topological polar surface area (TPSA) is 65.4 Å². The zero-order valence-electron chi connectivity index (χ0n) is 23.0. The van der Waals surface area contributed by atoms with Crippen LogP contribution in [0, 0.1) is 24.1 Å². The van der Waals surface area contributed by atoms with Crippen LogP contribution in [0.4, 0.5) is 10.1 Å². The van der Waals surface area contributed by atoms with Crippen LogP contribution in [0.1, 0.15) is 36.9 Å². The first kappa shape index (κ1) is 26.6. The highest BCUT2D eigenvalue weighted by atomic mass is 28.3. The van der Waals surface area contributed by atoms with E-state index >= 15 is 0 Å². The Kier molecular flexibility index (Phi) is 7.22. The Morgan fingerprint density at radius 2 is 1.97 bits per heavy atom. The fourth-order valence-corrected chi connectivity index (χ4v) is 6.23. The molecular weight excluding hydrogens is 497 g/mol. The Hall–Kier alpha value is -2.97. The molecule has 5 rings (SSSR count). The highest BCUT2D eigenvalue weighted by Crippen LogP contribution is 2.62. The normalized spacial score (nSPS) is 18.5. The number of fused-ring (bicyclic) bond motifs is 1. The molecular formula is C30H38FN3O3Si. The van der Waals surface area contributed by atoms with Gasteiger partial charge in [-0.05, 0) is 55.1 Å². The molecule has 1 unspecified atom stereocenters. The van der Waals surface area contributed by atoms with Crippen LogP contribution in [0.15, 0.2) is 48.7 Å². The summed E-state index contributed by atoms with van der Waals surface area (Å²) in [5, 5.41) is 7.62. The SMILES string of the molecule is Cc1c(-c2ccc(NC(=O)[C@@H](C)C3c4ccc(F)cc4OCC34CC4)cc2)cnn1COCC[Si](C)(C)C. The molecule has 8 heteroatoms. The Bertz CT molecular complexity index is 1310. The van der Waals surface area contributed by atoms with Crippen molar-refractivity contribution in [3.63, 3.8) is 0 Å². The molecule has 1 amide bonds. The third-order valence-electron chi connectivity index (χ3n) is 8.07. The Morgan fingerprint density at radius 3 is 2.66 bits per heavy atom. The van der Waals surface area contributed by atoms with Crippen LogP contribution in [-0.2, 0) is 16.3 Å². The maximum atomic E-state index is 13.8. The summed E-state index contributed by atoms with van der Waals surface area (Å²) in [6.07, 6.45) is 3.92. The van der Waals surface area contributed by atoms with Crippen molar-refractivity contribution in [3.8, 4) is 16.9 Å². The summed E-state index contributed by atoms with van der Waals surface area (Å²) in [6.45, 7) is 12.8. The molecule has 6 nitrogen and oxygen atoms in total. The summed E-state index contributed by atoms with van der Waals surface area (Å²) in [5.74, 6) is -0.0550. The molecule has 0 radical (unpaired) electrons. The number of amides is 1. The van der Waals surface area contributed by atoms with Gasteiger partial charge in [-0.25, -0.2) is 9.07 Å². The van der Waals surface area contributed by atoms with Gasteiger partial charge in [-0.3, -0.25) is 4.79 Å². The first-order chi connectivity index (χ1) is 18.1. The Labute approximate surface area is 225 Å². The van der Waals surface area contributed by atoms with Crippen molar-refractivity contribution in [1.29, 1.82) is 0 Å². The number of halogens is 1. The van der Waals surface area contributed by atoms with Crippen LogP contribution >= 0.6 is 0 Å². The van der Waals surface area contributed by atoms with Gasteiger partial charge in [-0.1, -0.05) is 44.8 Å². The van der Waals surface area contributed by atoms with E-state index in [9.17, 15) is 9.18 Å². The molecule has 0 saturated heterocycles. The van der Waals surface area contributed by atoms with E-state index in [0.717, 1.165) is 53.6 Å². The van der Waals surface area contributed by atoms with Crippen molar-refractivity contribution in [2.45, 2.75) is 65.0 Å². The van der Waals surface area contributed by atoms with Gasteiger partial charge in [-0.15, -0.1) is 0 Å². The number of rotatable bonds is 9. The number of hydrogen-bond donors (Lipinski definition) is 1. The maximum absolute atomic E-state index is 13.8. The molecule has 1 aliphatic carbocycles. The number of benzene rings is 2. The lowest BCUT2D eigenvalue weighted by atomic mass is 9.73. The van der Waals surface area contributed by atoms with Crippen molar-refractivity contribution in [1.82, 2.24) is 9.78 Å². The van der Waals surface area contributed by atoms with Gasteiger partial charge in [0.1, 0.15) is 18.3 Å². The number of carbonyl (C=O) groups excluding carboxylic acids is 1. The minimum Gasteiger partial charge on any atom is -0.493 e. The highest BCUT2D eigenvalue weighted by molar-refractivity contribution is 6.76. The summed E-state index contributed by atoms with van der Waals surface area (Å²) < 4.78 is 27.4. The average molecular weight is 536 g/mol. The van der Waals surface area contributed by atoms with Gasteiger partial charge in [0.2, 0.25) is 5.91 Å². The van der Waals surface area contributed by atoms with E-state index in [1.54, 1.807) is 6.07 Å². The summed E-state index contributed by atoms with van der Waals surface area (Å²) in [4.78, 5) is 13.4. The molecule has 1 spiro atoms. The minimum atomic E-state index is -1.12. The van der Waals surface area contributed by atoms with Crippen LogP contribution in [0.5, 0.6) is 5.75 Å². The standard InChI is InChI=1S/C30H38FN3O3Si/c1-20(28-25-11-8-23(31)16-27(25)37-18-30(28)12-13-30)29(35)33-24-9-6-22(7-10-24)26-17-32-34(21(26)2)19-36-14-15-38(3,4)5/h6-11,16-17,20,28H,12-15,18-19H2,1-5H3,(H,33,35)/t20-,28?/m0/s1. The van der Waals surface area contributed by atoms with E-state index in [1.165, 1.54) is 12.1 Å². The van der Waals surface area contributed by atoms with Crippen LogP contribution in [-0.4, -0.2) is 37.0 Å². The molecule has 2 aromatic carbocycles. The van der Waals surface area contributed by atoms with Crippen molar-refractivity contribution in [2.75, 3.05) is 18.5 Å². The van der Waals surface area contributed by atoms with Gasteiger partial charge >= 0.3 is 0 Å². The third-order valence-corrected chi connectivity index (χ3v) is 9.77. The van der Waals surface area contributed by atoms with E-state index in [2.05, 4.69) is 30.1 Å². The van der Waals surface area contributed by atoms with Gasteiger partial charge in [0, 0.05) is 54.9 Å². The molecule has 2 aliphatic rings. The molecule has 2 heterocycles. The number of anilines is 1. The smallest absolute Gasteiger partial charge is 0.227 e. The summed E-state index contributed by atoms with van der Waals surface area (Å²) in [7, 11) is -1.12. The summed E-state index contributed by atoms with van der Waals surface area (Å²) in [6, 6.07) is 13.7. The second-order valence-corrected chi connectivity index (χ2v) is 17.8. The lowest BCUT2D eigenvalue weighted by Gasteiger charge is -2.37. The van der Waals surface area contributed by atoms with Gasteiger partial charge < -0.3 is 14.8 Å². The van der Waals surface area contributed by atoms with Crippen molar-refractivity contribution < 1.29 is 18.7 Å². The number of ether oxygens (including phenoxy) is 2. The molecule has 1 saturated carbocycles. The number of aromatic nitrogens is 2. The van der Waals surface area contributed by atoms with E-state index in [-0.39, 0.29) is 29.0 Å². The van der Waals surface area contributed by atoms with Crippen LogP contribution in [0.3, 0.4) is 0 Å². The highest BCUT2D eigenvalue weighted by Gasteiger charge is 2.56. The predicted molar refractivity (Wildman–Crippen MR) is 151 cm³/mol. The average Bonchev–Trinajstić information content (AvgIpc) is 3.55. The van der Waals surface area contributed by atoms with E-state index < -0.39 is 8.07 Å². The Balaban J connectivity index is 1.24. The molecule has 202 valence electrons. The first-order valence-electron chi connectivity index (χ1n) is 13.5. The quantitative estimate of drug-likeness (QED) is 0.241. The largest absolute Gasteiger partial charge is 0.493 e. The molecule has 1 N–H and O–H groups in total. The zero-order valence-corrected chi connectivity index (χ0v) is 24.0. The van der Waals surface area contributed by atoms with Crippen molar-refractivity contribution in [2.24, 2.45) is 11.3 Å². The van der Waals surface area contributed by atoms with E-state index in [0.29, 0.717) is 19.1 Å². The van der Waals surface area contributed by atoms with Gasteiger partial charge in [-0.2, -0.15) is 5.10 Å². The van der Waals surface area contributed by atoms with Crippen LogP contribution in [0.2, 0.25) is 25.7 Å².